The average molecular weight is 109 g/mol. The smallest absolute Gasteiger partial charge is 0.133 e. The van der Waals surface area contributed by atoms with Crippen molar-refractivity contribution in [3.05, 3.63) is 0 Å². The third kappa shape index (κ3) is 1.00. The van der Waals surface area contributed by atoms with E-state index in [0.29, 0.717) is 6.61 Å². The Kier molecular flexibility index (Phi) is 1.53. The van der Waals surface area contributed by atoms with E-state index >= 15 is 0 Å². The summed E-state index contributed by atoms with van der Waals surface area (Å²) in [5.74, 6) is 5.57. The predicted molar refractivity (Wildman–Crippen MR) is 31.5 cm³/mol. The molecule has 42 valence electrons. The largest absolute Gasteiger partial charge is 0.395 e. The SMILES string of the molecule is CC#CC1=NOCC1. The van der Waals surface area contributed by atoms with Crippen LogP contribution in [0, 0.1) is 11.8 Å². The minimum Gasteiger partial charge on any atom is -0.395 e. The molecule has 0 saturated heterocycles. The van der Waals surface area contributed by atoms with E-state index in [4.69, 9.17) is 4.84 Å². The summed E-state index contributed by atoms with van der Waals surface area (Å²) in [5, 5.41) is 3.67. The van der Waals surface area contributed by atoms with Crippen molar-refractivity contribution in [2.24, 2.45) is 5.16 Å². The Labute approximate surface area is 48.5 Å². The first-order valence-electron chi connectivity index (χ1n) is 2.55. The van der Waals surface area contributed by atoms with Gasteiger partial charge in [0.2, 0.25) is 0 Å². The second-order valence-corrected chi connectivity index (χ2v) is 1.50. The van der Waals surface area contributed by atoms with E-state index in [9.17, 15) is 0 Å². The molecule has 1 aliphatic heterocycles. The van der Waals surface area contributed by atoms with Gasteiger partial charge in [-0.3, -0.25) is 0 Å². The van der Waals surface area contributed by atoms with Crippen LogP contribution in [-0.2, 0) is 4.84 Å². The van der Waals surface area contributed by atoms with Crippen LogP contribution in [0.4, 0.5) is 0 Å². The Hall–Kier alpha value is -0.970. The van der Waals surface area contributed by atoms with E-state index in [-0.39, 0.29) is 0 Å². The van der Waals surface area contributed by atoms with Gasteiger partial charge in [0, 0.05) is 6.42 Å². The molecule has 1 aliphatic rings. The van der Waals surface area contributed by atoms with Crippen molar-refractivity contribution in [1.82, 2.24) is 0 Å². The first kappa shape index (κ1) is 5.17. The zero-order valence-corrected chi connectivity index (χ0v) is 4.77. The molecule has 0 aromatic heterocycles. The Morgan fingerprint density at radius 3 is 3.12 bits per heavy atom. The Morgan fingerprint density at radius 2 is 2.62 bits per heavy atom. The van der Waals surface area contributed by atoms with Gasteiger partial charge in [-0.15, -0.1) is 0 Å². The van der Waals surface area contributed by atoms with E-state index in [1.165, 1.54) is 0 Å². The van der Waals surface area contributed by atoms with Gasteiger partial charge >= 0.3 is 0 Å². The van der Waals surface area contributed by atoms with Crippen LogP contribution in [0.2, 0.25) is 0 Å². The van der Waals surface area contributed by atoms with Crippen LogP contribution in [0.5, 0.6) is 0 Å². The lowest BCUT2D eigenvalue weighted by Crippen LogP contribution is -1.86. The molecule has 1 rings (SSSR count). The summed E-state index contributed by atoms with van der Waals surface area (Å²) in [7, 11) is 0. The van der Waals surface area contributed by atoms with Crippen LogP contribution in [0.15, 0.2) is 5.16 Å². The standard InChI is InChI=1S/C6H7NO/c1-2-3-6-4-5-8-7-6/h4-5H2,1H3. The maximum atomic E-state index is 4.70. The van der Waals surface area contributed by atoms with E-state index in [0.717, 1.165) is 12.1 Å². The van der Waals surface area contributed by atoms with E-state index in [2.05, 4.69) is 17.0 Å². The molecule has 0 aliphatic carbocycles. The third-order valence-electron chi connectivity index (χ3n) is 0.874. The molecule has 0 aromatic carbocycles. The van der Waals surface area contributed by atoms with E-state index < -0.39 is 0 Å². The third-order valence-corrected chi connectivity index (χ3v) is 0.874. The van der Waals surface area contributed by atoms with Gasteiger partial charge in [-0.25, -0.2) is 0 Å². The average Bonchev–Trinajstić information content (AvgIpc) is 2.19. The fourth-order valence-corrected chi connectivity index (χ4v) is 0.541. The van der Waals surface area contributed by atoms with E-state index in [1.807, 2.05) is 0 Å². The van der Waals surface area contributed by atoms with Gasteiger partial charge in [0.15, 0.2) is 0 Å². The monoisotopic (exact) mass is 109 g/mol. The van der Waals surface area contributed by atoms with Crippen LogP contribution in [-0.4, -0.2) is 12.3 Å². The lowest BCUT2D eigenvalue weighted by Gasteiger charge is -1.75. The molecule has 0 amide bonds. The van der Waals surface area contributed by atoms with Crippen LogP contribution >= 0.6 is 0 Å². The number of rotatable bonds is 0. The molecular weight excluding hydrogens is 102 g/mol. The van der Waals surface area contributed by atoms with Crippen molar-refractivity contribution < 1.29 is 4.84 Å². The topological polar surface area (TPSA) is 21.6 Å². The molecule has 0 fully saturated rings. The highest BCUT2D eigenvalue weighted by molar-refractivity contribution is 6.00. The van der Waals surface area contributed by atoms with Gasteiger partial charge in [0.25, 0.3) is 0 Å². The van der Waals surface area contributed by atoms with Crippen molar-refractivity contribution in [3.63, 3.8) is 0 Å². The molecule has 8 heavy (non-hydrogen) atoms. The van der Waals surface area contributed by atoms with Gasteiger partial charge in [-0.1, -0.05) is 11.1 Å². The summed E-state index contributed by atoms with van der Waals surface area (Å²) in [6.45, 7) is 2.49. The van der Waals surface area contributed by atoms with Gasteiger partial charge in [-0.2, -0.15) is 0 Å². The minimum atomic E-state index is 0.698. The van der Waals surface area contributed by atoms with Crippen LogP contribution in [0.1, 0.15) is 13.3 Å². The summed E-state index contributed by atoms with van der Waals surface area (Å²) in [6, 6.07) is 0. The predicted octanol–water partition coefficient (Wildman–Crippen LogP) is 0.786. The highest BCUT2D eigenvalue weighted by Gasteiger charge is 2.02. The van der Waals surface area contributed by atoms with Crippen LogP contribution in [0.25, 0.3) is 0 Å². The molecule has 2 nitrogen and oxygen atoms in total. The highest BCUT2D eigenvalue weighted by Crippen LogP contribution is 1.97. The molecule has 0 spiro atoms. The van der Waals surface area contributed by atoms with Crippen molar-refractivity contribution in [2.45, 2.75) is 13.3 Å². The second kappa shape index (κ2) is 2.37. The van der Waals surface area contributed by atoms with Gasteiger partial charge in [-0.05, 0) is 12.8 Å². The zero-order chi connectivity index (χ0) is 5.82. The molecular formula is C6H7NO. The molecule has 0 saturated carbocycles. The molecule has 1 heterocycles. The molecule has 0 unspecified atom stereocenters. The highest BCUT2D eigenvalue weighted by atomic mass is 16.6. The van der Waals surface area contributed by atoms with Crippen molar-refractivity contribution >= 4 is 5.71 Å². The number of hydrogen-bond acceptors (Lipinski definition) is 2. The normalized spacial score (nSPS) is 15.9. The second-order valence-electron chi connectivity index (χ2n) is 1.50. The number of nitrogens with zero attached hydrogens (tertiary/aromatic N) is 1. The Bertz CT molecular complexity index is 161. The number of hydrogen-bond donors (Lipinski definition) is 0. The molecule has 0 atom stereocenters. The lowest BCUT2D eigenvalue weighted by molar-refractivity contribution is 0.174. The van der Waals surface area contributed by atoms with Crippen molar-refractivity contribution in [1.29, 1.82) is 0 Å². The Morgan fingerprint density at radius 1 is 1.75 bits per heavy atom. The van der Waals surface area contributed by atoms with E-state index in [1.54, 1.807) is 6.92 Å². The first-order valence-corrected chi connectivity index (χ1v) is 2.55. The van der Waals surface area contributed by atoms with Gasteiger partial charge in [0.05, 0.1) is 0 Å². The minimum absolute atomic E-state index is 0.698. The fourth-order valence-electron chi connectivity index (χ4n) is 0.541. The molecule has 0 bridgehead atoms. The van der Waals surface area contributed by atoms with Gasteiger partial charge < -0.3 is 4.84 Å². The van der Waals surface area contributed by atoms with Crippen molar-refractivity contribution in [2.75, 3.05) is 6.61 Å². The quantitative estimate of drug-likeness (QED) is 0.421. The number of oxime groups is 1. The lowest BCUT2D eigenvalue weighted by atomic mass is 10.3. The molecule has 0 N–H and O–H groups in total. The summed E-state index contributed by atoms with van der Waals surface area (Å²) in [4.78, 5) is 4.70. The van der Waals surface area contributed by atoms with Gasteiger partial charge in [0.1, 0.15) is 12.3 Å². The maximum Gasteiger partial charge on any atom is 0.133 e. The van der Waals surface area contributed by atoms with Crippen molar-refractivity contribution in [3.8, 4) is 11.8 Å². The fraction of sp³-hybridized carbons (Fsp3) is 0.500. The summed E-state index contributed by atoms with van der Waals surface area (Å²) < 4.78 is 0. The first-order chi connectivity index (χ1) is 3.93. The summed E-state index contributed by atoms with van der Waals surface area (Å²) in [6.07, 6.45) is 0.876. The molecule has 0 aromatic rings. The van der Waals surface area contributed by atoms with Crippen LogP contribution < -0.4 is 0 Å². The summed E-state index contributed by atoms with van der Waals surface area (Å²) in [5.41, 5.74) is 0.868. The molecule has 0 radical (unpaired) electrons. The zero-order valence-electron chi connectivity index (χ0n) is 4.77. The Balaban J connectivity index is 2.53. The van der Waals surface area contributed by atoms with Crippen LogP contribution in [0.3, 0.4) is 0 Å². The summed E-state index contributed by atoms with van der Waals surface area (Å²) >= 11 is 0. The molecule has 2 heteroatoms. The maximum absolute atomic E-state index is 4.70.